The molecule has 0 bridgehead atoms. The van der Waals surface area contributed by atoms with Gasteiger partial charge in [0, 0.05) is 41.1 Å². The molecule has 0 amide bonds. The second-order valence-corrected chi connectivity index (χ2v) is 9.28. The van der Waals surface area contributed by atoms with E-state index in [1.54, 1.807) is 0 Å². The Morgan fingerprint density at radius 2 is 1.59 bits per heavy atom. The fraction of sp³-hybridized carbons (Fsp3) is 0.400. The van der Waals surface area contributed by atoms with Crippen molar-refractivity contribution in [3.05, 3.63) is 70.4 Å². The van der Waals surface area contributed by atoms with Crippen LogP contribution in [0.1, 0.15) is 49.9 Å². The van der Waals surface area contributed by atoms with Crippen LogP contribution in [-0.2, 0) is 10.8 Å². The SMILES string of the molecule is Cc1cc(C)c2c(c1)C(C)(C)C(C=C1N(C)c3ccccc3C1(C)C)=[N+]2C. The summed E-state index contributed by atoms with van der Waals surface area (Å²) in [7, 11) is 4.42. The third kappa shape index (κ3) is 2.35. The highest BCUT2D eigenvalue weighted by atomic mass is 15.2. The molecule has 0 saturated heterocycles. The van der Waals surface area contributed by atoms with E-state index in [4.69, 9.17) is 0 Å². The van der Waals surface area contributed by atoms with Gasteiger partial charge in [-0.3, -0.25) is 0 Å². The highest BCUT2D eigenvalue weighted by Crippen LogP contribution is 2.48. The number of nitrogens with zero attached hydrogens (tertiary/aromatic N) is 2. The van der Waals surface area contributed by atoms with Crippen LogP contribution in [-0.4, -0.2) is 24.4 Å². The van der Waals surface area contributed by atoms with Crippen molar-refractivity contribution in [2.24, 2.45) is 0 Å². The van der Waals surface area contributed by atoms with Gasteiger partial charge >= 0.3 is 0 Å². The minimum atomic E-state index is -0.0143. The van der Waals surface area contributed by atoms with E-state index in [9.17, 15) is 0 Å². The Hall–Kier alpha value is -2.35. The Kier molecular flexibility index (Phi) is 3.72. The maximum absolute atomic E-state index is 2.44. The van der Waals surface area contributed by atoms with Gasteiger partial charge in [0.1, 0.15) is 7.05 Å². The molecule has 0 spiro atoms. The second kappa shape index (κ2) is 5.58. The van der Waals surface area contributed by atoms with E-state index in [1.807, 2.05) is 0 Å². The van der Waals surface area contributed by atoms with Crippen LogP contribution in [0.4, 0.5) is 11.4 Å². The molecule has 2 heterocycles. The molecule has 0 unspecified atom stereocenters. The first-order valence-corrected chi connectivity index (χ1v) is 9.85. The molecule has 2 nitrogen and oxygen atoms in total. The molecule has 27 heavy (non-hydrogen) atoms. The average molecular weight is 360 g/mol. The van der Waals surface area contributed by atoms with Crippen molar-refractivity contribution in [1.82, 2.24) is 0 Å². The van der Waals surface area contributed by atoms with Crippen LogP contribution in [0.3, 0.4) is 0 Å². The van der Waals surface area contributed by atoms with Crippen molar-refractivity contribution in [3.8, 4) is 0 Å². The number of hydrogen-bond acceptors (Lipinski definition) is 1. The van der Waals surface area contributed by atoms with Gasteiger partial charge in [-0.25, -0.2) is 0 Å². The smallest absolute Gasteiger partial charge is 0.212 e. The van der Waals surface area contributed by atoms with Crippen LogP contribution in [0.2, 0.25) is 0 Å². The fourth-order valence-corrected chi connectivity index (χ4v) is 5.22. The van der Waals surface area contributed by atoms with E-state index in [1.165, 1.54) is 45.0 Å². The number of rotatable bonds is 1. The standard InChI is InChI=1S/C25H31N2/c1-16-13-17(2)23-19(14-16)25(5,6)22(27(23)8)15-21-24(3,4)18-11-9-10-12-20(18)26(21)7/h9-15H,1-8H3/q+1. The summed E-state index contributed by atoms with van der Waals surface area (Å²) in [6, 6.07) is 13.4. The van der Waals surface area contributed by atoms with Crippen molar-refractivity contribution < 1.29 is 4.58 Å². The zero-order chi connectivity index (χ0) is 19.7. The Morgan fingerprint density at radius 1 is 0.926 bits per heavy atom. The Bertz CT molecular complexity index is 1020. The van der Waals surface area contributed by atoms with Gasteiger partial charge < -0.3 is 4.90 Å². The van der Waals surface area contributed by atoms with E-state index in [-0.39, 0.29) is 10.8 Å². The lowest BCUT2D eigenvalue weighted by molar-refractivity contribution is -0.402. The van der Waals surface area contributed by atoms with Crippen LogP contribution < -0.4 is 4.90 Å². The van der Waals surface area contributed by atoms with Crippen molar-refractivity contribution in [2.75, 3.05) is 19.0 Å². The van der Waals surface area contributed by atoms with Gasteiger partial charge in [-0.15, -0.1) is 0 Å². The largest absolute Gasteiger partial charge is 0.347 e. The van der Waals surface area contributed by atoms with Gasteiger partial charge in [-0.2, -0.15) is 4.58 Å². The van der Waals surface area contributed by atoms with E-state index >= 15 is 0 Å². The molecule has 2 aromatic rings. The van der Waals surface area contributed by atoms with E-state index in [0.29, 0.717) is 0 Å². The van der Waals surface area contributed by atoms with E-state index < -0.39 is 0 Å². The minimum Gasteiger partial charge on any atom is -0.347 e. The number of likely N-dealkylation sites (N-methyl/N-ethyl adjacent to an activating group) is 1. The molecule has 0 radical (unpaired) electrons. The minimum absolute atomic E-state index is 0.00496. The maximum Gasteiger partial charge on any atom is 0.212 e. The molecule has 2 heteroatoms. The molecule has 2 aliphatic heterocycles. The number of aryl methyl sites for hydroxylation is 2. The van der Waals surface area contributed by atoms with Crippen molar-refractivity contribution in [1.29, 1.82) is 0 Å². The lowest BCUT2D eigenvalue weighted by Gasteiger charge is -2.25. The van der Waals surface area contributed by atoms with Crippen LogP contribution in [0, 0.1) is 13.8 Å². The summed E-state index contributed by atoms with van der Waals surface area (Å²) in [4.78, 5) is 2.37. The van der Waals surface area contributed by atoms with Crippen molar-refractivity contribution >= 4 is 17.1 Å². The summed E-state index contributed by atoms with van der Waals surface area (Å²) in [6.45, 7) is 13.8. The summed E-state index contributed by atoms with van der Waals surface area (Å²) < 4.78 is 2.41. The molecule has 0 aromatic heterocycles. The van der Waals surface area contributed by atoms with E-state index in [0.717, 1.165) is 0 Å². The molecule has 2 aromatic carbocycles. The Balaban J connectivity index is 1.92. The van der Waals surface area contributed by atoms with Crippen LogP contribution >= 0.6 is 0 Å². The number of fused-ring (bicyclic) bond motifs is 2. The average Bonchev–Trinajstić information content (AvgIpc) is 2.90. The third-order valence-corrected chi connectivity index (χ3v) is 6.67. The number of hydrogen-bond donors (Lipinski definition) is 0. The number of allylic oxidation sites excluding steroid dienone is 2. The number of benzene rings is 2. The predicted molar refractivity (Wildman–Crippen MR) is 116 cm³/mol. The monoisotopic (exact) mass is 359 g/mol. The Morgan fingerprint density at radius 3 is 2.26 bits per heavy atom. The first-order chi connectivity index (χ1) is 12.6. The van der Waals surface area contributed by atoms with Crippen LogP contribution in [0.5, 0.6) is 0 Å². The summed E-state index contributed by atoms with van der Waals surface area (Å²) in [5.74, 6) is 0. The van der Waals surface area contributed by atoms with Gasteiger partial charge in [0.25, 0.3) is 0 Å². The second-order valence-electron chi connectivity index (χ2n) is 9.28. The van der Waals surface area contributed by atoms with Gasteiger partial charge in [0.05, 0.1) is 5.41 Å². The third-order valence-electron chi connectivity index (χ3n) is 6.67. The zero-order valence-electron chi connectivity index (χ0n) is 17.9. The first kappa shape index (κ1) is 18.0. The quantitative estimate of drug-likeness (QED) is 0.599. The molecule has 0 N–H and O–H groups in total. The summed E-state index contributed by atoms with van der Waals surface area (Å²) in [6.07, 6.45) is 2.44. The fourth-order valence-electron chi connectivity index (χ4n) is 5.22. The first-order valence-electron chi connectivity index (χ1n) is 9.85. The molecule has 0 atom stereocenters. The van der Waals surface area contributed by atoms with E-state index in [2.05, 4.69) is 108 Å². The van der Waals surface area contributed by atoms with Gasteiger partial charge in [-0.05, 0) is 51.5 Å². The number of para-hydroxylation sites is 1. The van der Waals surface area contributed by atoms with Gasteiger partial charge in [0.15, 0.2) is 5.71 Å². The molecule has 0 aliphatic carbocycles. The molecular formula is C25H31N2+. The summed E-state index contributed by atoms with van der Waals surface area (Å²) in [5.41, 5.74) is 10.9. The molecular weight excluding hydrogens is 328 g/mol. The molecule has 0 fully saturated rings. The van der Waals surface area contributed by atoms with Gasteiger partial charge in [-0.1, -0.05) is 37.6 Å². The van der Waals surface area contributed by atoms with Crippen LogP contribution in [0.25, 0.3) is 0 Å². The molecule has 2 aliphatic rings. The van der Waals surface area contributed by atoms with Crippen LogP contribution in [0.15, 0.2) is 48.2 Å². The summed E-state index contributed by atoms with van der Waals surface area (Å²) in [5, 5.41) is 0. The maximum atomic E-state index is 2.44. The van der Waals surface area contributed by atoms with Crippen molar-refractivity contribution in [2.45, 2.75) is 52.4 Å². The molecule has 4 rings (SSSR count). The van der Waals surface area contributed by atoms with Crippen molar-refractivity contribution in [3.63, 3.8) is 0 Å². The predicted octanol–water partition coefficient (Wildman–Crippen LogP) is 5.62. The number of anilines is 1. The normalized spacial score (nSPS) is 21.0. The molecule has 0 saturated carbocycles. The topological polar surface area (TPSA) is 6.25 Å². The zero-order valence-corrected chi connectivity index (χ0v) is 17.9. The summed E-state index contributed by atoms with van der Waals surface area (Å²) >= 11 is 0. The molecule has 140 valence electrons. The Labute approximate surface area is 163 Å². The lowest BCUT2D eigenvalue weighted by Crippen LogP contribution is -2.31. The highest BCUT2D eigenvalue weighted by molar-refractivity contribution is 6.04. The lowest BCUT2D eigenvalue weighted by atomic mass is 9.78. The van der Waals surface area contributed by atoms with Gasteiger partial charge in [0.2, 0.25) is 5.69 Å². The highest BCUT2D eigenvalue weighted by Gasteiger charge is 2.46.